The van der Waals surface area contributed by atoms with Gasteiger partial charge in [0.15, 0.2) is 9.84 Å². The Morgan fingerprint density at radius 2 is 1.81 bits per heavy atom. The van der Waals surface area contributed by atoms with E-state index in [2.05, 4.69) is 5.10 Å². The Labute approximate surface area is 159 Å². The van der Waals surface area contributed by atoms with Crippen molar-refractivity contribution in [1.29, 1.82) is 0 Å². The summed E-state index contributed by atoms with van der Waals surface area (Å²) in [6.45, 7) is 0.405. The summed E-state index contributed by atoms with van der Waals surface area (Å²) < 4.78 is 24.7. The minimum Gasteiger partial charge on any atom is -0.337 e. The summed E-state index contributed by atoms with van der Waals surface area (Å²) in [6, 6.07) is 16.5. The van der Waals surface area contributed by atoms with Gasteiger partial charge in [-0.3, -0.25) is 4.79 Å². The van der Waals surface area contributed by atoms with Crippen molar-refractivity contribution < 1.29 is 13.2 Å². The fraction of sp³-hybridized carbons (Fsp3) is 0.200. The minimum absolute atomic E-state index is 0.0817. The number of aromatic nitrogens is 2. The van der Waals surface area contributed by atoms with E-state index in [9.17, 15) is 13.2 Å². The van der Waals surface area contributed by atoms with Gasteiger partial charge < -0.3 is 4.90 Å². The molecule has 0 N–H and O–H groups in total. The second-order valence-electron chi connectivity index (χ2n) is 6.56. The average molecular weight is 383 g/mol. The van der Waals surface area contributed by atoms with Crippen LogP contribution in [0.5, 0.6) is 0 Å². The first-order valence-electron chi connectivity index (χ1n) is 8.43. The molecular weight excluding hydrogens is 362 g/mol. The molecule has 0 saturated carbocycles. The molecule has 0 spiro atoms. The molecule has 3 aromatic rings. The molecule has 0 unspecified atom stereocenters. The molecule has 0 aliphatic carbocycles. The van der Waals surface area contributed by atoms with Gasteiger partial charge in [0.2, 0.25) is 0 Å². The van der Waals surface area contributed by atoms with Crippen LogP contribution in [-0.2, 0) is 22.1 Å². The van der Waals surface area contributed by atoms with Crippen molar-refractivity contribution in [2.45, 2.75) is 12.3 Å². The lowest BCUT2D eigenvalue weighted by Crippen LogP contribution is -2.26. The van der Waals surface area contributed by atoms with Crippen molar-refractivity contribution in [2.75, 3.05) is 13.3 Å². The third kappa shape index (κ3) is 5.04. The highest BCUT2D eigenvalue weighted by Gasteiger charge is 2.14. The molecular formula is C20H21N3O3S. The highest BCUT2D eigenvalue weighted by atomic mass is 32.2. The van der Waals surface area contributed by atoms with Crippen LogP contribution in [0.1, 0.15) is 21.5 Å². The van der Waals surface area contributed by atoms with Crippen molar-refractivity contribution in [3.63, 3.8) is 0 Å². The van der Waals surface area contributed by atoms with Crippen molar-refractivity contribution in [1.82, 2.24) is 14.7 Å². The predicted molar refractivity (Wildman–Crippen MR) is 104 cm³/mol. The minimum atomic E-state index is -3.15. The largest absolute Gasteiger partial charge is 0.337 e. The fourth-order valence-electron chi connectivity index (χ4n) is 2.83. The molecule has 6 nitrogen and oxygen atoms in total. The number of carbonyl (C=O) groups excluding carboxylic acids is 1. The van der Waals surface area contributed by atoms with E-state index in [4.69, 9.17) is 0 Å². The molecule has 1 amide bonds. The number of nitrogens with zero attached hydrogens (tertiary/aromatic N) is 3. The van der Waals surface area contributed by atoms with Gasteiger partial charge in [0.05, 0.1) is 17.6 Å². The first-order valence-corrected chi connectivity index (χ1v) is 10.5. The number of sulfone groups is 1. The van der Waals surface area contributed by atoms with Crippen LogP contribution in [-0.4, -0.2) is 42.3 Å². The van der Waals surface area contributed by atoms with Crippen LogP contribution in [0.2, 0.25) is 0 Å². The van der Waals surface area contributed by atoms with Gasteiger partial charge >= 0.3 is 0 Å². The van der Waals surface area contributed by atoms with Gasteiger partial charge in [0, 0.05) is 37.2 Å². The van der Waals surface area contributed by atoms with Gasteiger partial charge in [0.25, 0.3) is 5.91 Å². The Kier molecular flexibility index (Phi) is 5.41. The van der Waals surface area contributed by atoms with Gasteiger partial charge in [-0.05, 0) is 29.8 Å². The maximum atomic E-state index is 12.7. The summed E-state index contributed by atoms with van der Waals surface area (Å²) in [5, 5.41) is 4.34. The summed E-state index contributed by atoms with van der Waals surface area (Å²) in [5.74, 6) is -0.250. The van der Waals surface area contributed by atoms with Crippen LogP contribution in [0.25, 0.3) is 5.69 Å². The van der Waals surface area contributed by atoms with Crippen molar-refractivity contribution in [2.24, 2.45) is 0 Å². The number of benzene rings is 2. The number of hydrogen-bond acceptors (Lipinski definition) is 4. The summed E-state index contributed by atoms with van der Waals surface area (Å²) in [5.41, 5.74) is 2.93. The topological polar surface area (TPSA) is 72.3 Å². The first-order chi connectivity index (χ1) is 12.8. The molecule has 3 rings (SSSR count). The monoisotopic (exact) mass is 383 g/mol. The lowest BCUT2D eigenvalue weighted by atomic mass is 10.1. The maximum absolute atomic E-state index is 12.7. The molecule has 1 aromatic heterocycles. The Morgan fingerprint density at radius 1 is 1.07 bits per heavy atom. The summed E-state index contributed by atoms with van der Waals surface area (Å²) in [6.07, 6.45) is 4.80. The zero-order valence-electron chi connectivity index (χ0n) is 15.2. The molecule has 0 fully saturated rings. The SMILES string of the molecule is CN(Cc1cnn(-c2ccccc2)c1)C(=O)c1cccc(CS(C)(=O)=O)c1. The van der Waals surface area contributed by atoms with Crippen LogP contribution >= 0.6 is 0 Å². The molecule has 27 heavy (non-hydrogen) atoms. The van der Waals surface area contributed by atoms with Gasteiger partial charge in [-0.2, -0.15) is 5.10 Å². The zero-order valence-corrected chi connectivity index (χ0v) is 16.1. The average Bonchev–Trinajstić information content (AvgIpc) is 3.09. The number of rotatable bonds is 6. The Morgan fingerprint density at radius 3 is 2.52 bits per heavy atom. The van der Waals surface area contributed by atoms with E-state index >= 15 is 0 Å². The van der Waals surface area contributed by atoms with Gasteiger partial charge in [-0.25, -0.2) is 13.1 Å². The molecule has 2 aromatic carbocycles. The number of hydrogen-bond donors (Lipinski definition) is 0. The number of amides is 1. The van der Waals surface area contributed by atoms with E-state index < -0.39 is 9.84 Å². The van der Waals surface area contributed by atoms with E-state index in [1.807, 2.05) is 36.5 Å². The standard InChI is InChI=1S/C20H21N3O3S/c1-22(13-17-12-21-23(14-17)19-9-4-3-5-10-19)20(24)18-8-6-7-16(11-18)15-27(2,25)26/h3-12,14H,13,15H2,1-2H3. The molecule has 0 aliphatic rings. The third-order valence-electron chi connectivity index (χ3n) is 4.03. The quantitative estimate of drug-likeness (QED) is 0.656. The van der Waals surface area contributed by atoms with Crippen molar-refractivity contribution in [3.8, 4) is 5.69 Å². The Hall–Kier alpha value is -2.93. The maximum Gasteiger partial charge on any atom is 0.253 e. The molecule has 0 saturated heterocycles. The van der Waals surface area contributed by atoms with E-state index in [1.165, 1.54) is 6.26 Å². The summed E-state index contributed by atoms with van der Waals surface area (Å²) in [7, 11) is -1.43. The second kappa shape index (κ2) is 7.75. The Balaban J connectivity index is 1.71. The first kappa shape index (κ1) is 18.8. The van der Waals surface area contributed by atoms with Crippen LogP contribution in [0.4, 0.5) is 0 Å². The summed E-state index contributed by atoms with van der Waals surface area (Å²) >= 11 is 0. The van der Waals surface area contributed by atoms with Gasteiger partial charge in [-0.1, -0.05) is 30.3 Å². The summed E-state index contributed by atoms with van der Waals surface area (Å²) in [4.78, 5) is 14.3. The second-order valence-corrected chi connectivity index (χ2v) is 8.70. The van der Waals surface area contributed by atoms with Crippen molar-refractivity contribution in [3.05, 3.63) is 83.7 Å². The normalized spacial score (nSPS) is 11.3. The molecule has 0 aliphatic heterocycles. The van der Waals surface area contributed by atoms with E-state index in [1.54, 1.807) is 47.1 Å². The van der Waals surface area contributed by atoms with E-state index in [0.717, 1.165) is 11.3 Å². The van der Waals surface area contributed by atoms with E-state index in [0.29, 0.717) is 17.7 Å². The molecule has 0 radical (unpaired) electrons. The zero-order chi connectivity index (χ0) is 19.4. The van der Waals surface area contributed by atoms with Gasteiger partial charge in [-0.15, -0.1) is 0 Å². The smallest absolute Gasteiger partial charge is 0.253 e. The molecule has 140 valence electrons. The van der Waals surface area contributed by atoms with Crippen LogP contribution in [0.3, 0.4) is 0 Å². The third-order valence-corrected chi connectivity index (χ3v) is 4.88. The van der Waals surface area contributed by atoms with Crippen LogP contribution in [0, 0.1) is 0 Å². The van der Waals surface area contributed by atoms with Crippen LogP contribution in [0.15, 0.2) is 67.0 Å². The molecule has 1 heterocycles. The molecule has 7 heteroatoms. The predicted octanol–water partition coefficient (Wildman–Crippen LogP) is 2.69. The molecule has 0 bridgehead atoms. The highest BCUT2D eigenvalue weighted by Crippen LogP contribution is 2.13. The van der Waals surface area contributed by atoms with Gasteiger partial charge in [0.1, 0.15) is 0 Å². The van der Waals surface area contributed by atoms with E-state index in [-0.39, 0.29) is 11.7 Å². The number of para-hydroxylation sites is 1. The lowest BCUT2D eigenvalue weighted by Gasteiger charge is -2.16. The fourth-order valence-corrected chi connectivity index (χ4v) is 3.61. The highest BCUT2D eigenvalue weighted by molar-refractivity contribution is 7.89. The number of carbonyl (C=O) groups is 1. The molecule has 0 atom stereocenters. The van der Waals surface area contributed by atoms with Crippen molar-refractivity contribution >= 4 is 15.7 Å². The van der Waals surface area contributed by atoms with Crippen LogP contribution < -0.4 is 0 Å². The lowest BCUT2D eigenvalue weighted by molar-refractivity contribution is 0.0785. The Bertz CT molecular complexity index is 1040.